The van der Waals surface area contributed by atoms with Crippen molar-refractivity contribution in [1.29, 1.82) is 0 Å². The lowest BCUT2D eigenvalue weighted by Crippen LogP contribution is -2.11. The van der Waals surface area contributed by atoms with Crippen molar-refractivity contribution in [1.82, 2.24) is 0 Å². The molecule has 102 valence electrons. The average molecular weight is 374 g/mol. The number of ether oxygens (including phenoxy) is 1. The summed E-state index contributed by atoms with van der Waals surface area (Å²) in [5.41, 5.74) is 0.443. The van der Waals surface area contributed by atoms with Gasteiger partial charge in [-0.15, -0.1) is 0 Å². The molecule has 0 unspecified atom stereocenters. The molecule has 3 nitrogen and oxygen atoms in total. The maximum absolute atomic E-state index is 12.1. The highest BCUT2D eigenvalue weighted by Crippen LogP contribution is 2.32. The zero-order valence-corrected chi connectivity index (χ0v) is 13.0. The van der Waals surface area contributed by atoms with Gasteiger partial charge < -0.3 is 4.74 Å². The van der Waals surface area contributed by atoms with Gasteiger partial charge in [0.05, 0.1) is 16.1 Å². The molecular weight excluding hydrogens is 367 g/mol. The fourth-order valence-electron chi connectivity index (χ4n) is 1.55. The Morgan fingerprint density at radius 2 is 1.90 bits per heavy atom. The normalized spacial score (nSPS) is 10.2. The number of esters is 1. The van der Waals surface area contributed by atoms with Gasteiger partial charge in [-0.3, -0.25) is 4.79 Å². The molecule has 0 heterocycles. The quantitative estimate of drug-likeness (QED) is 0.441. The Labute approximate surface area is 133 Å². The summed E-state index contributed by atoms with van der Waals surface area (Å²) in [6.45, 7) is 0. The Kier molecular flexibility index (Phi) is 4.81. The minimum atomic E-state index is -0.621. The van der Waals surface area contributed by atoms with E-state index >= 15 is 0 Å². The molecule has 0 aliphatic rings. The Morgan fingerprint density at radius 1 is 1.20 bits per heavy atom. The van der Waals surface area contributed by atoms with Gasteiger partial charge in [-0.1, -0.05) is 35.3 Å². The van der Waals surface area contributed by atoms with E-state index in [0.29, 0.717) is 16.3 Å². The average Bonchev–Trinajstić information content (AvgIpc) is 2.41. The molecule has 0 saturated heterocycles. The van der Waals surface area contributed by atoms with Crippen molar-refractivity contribution >= 4 is 51.4 Å². The number of carbonyl (C=O) groups excluding carboxylic acids is 2. The lowest BCUT2D eigenvalue weighted by molar-refractivity contribution is 0.0732. The smallest absolute Gasteiger partial charge is 0.344 e. The molecule has 0 radical (unpaired) electrons. The highest BCUT2D eigenvalue weighted by Gasteiger charge is 2.17. The Hall–Kier alpha value is -1.36. The highest BCUT2D eigenvalue weighted by atomic mass is 79.9. The van der Waals surface area contributed by atoms with E-state index in [1.807, 2.05) is 0 Å². The Morgan fingerprint density at radius 3 is 2.55 bits per heavy atom. The van der Waals surface area contributed by atoms with E-state index < -0.39 is 5.97 Å². The summed E-state index contributed by atoms with van der Waals surface area (Å²) in [7, 11) is 0. The molecular formula is C14H7BrCl2O3. The third-order valence-corrected chi connectivity index (χ3v) is 3.64. The minimum absolute atomic E-state index is 0.00757. The predicted octanol–water partition coefficient (Wildman–Crippen LogP) is 4.79. The van der Waals surface area contributed by atoms with E-state index in [0.717, 1.165) is 0 Å². The van der Waals surface area contributed by atoms with Gasteiger partial charge in [0.1, 0.15) is 0 Å². The van der Waals surface area contributed by atoms with Gasteiger partial charge in [0.15, 0.2) is 12.0 Å². The maximum atomic E-state index is 12.1. The van der Waals surface area contributed by atoms with Crippen molar-refractivity contribution in [3.63, 3.8) is 0 Å². The van der Waals surface area contributed by atoms with Crippen molar-refractivity contribution in [2.75, 3.05) is 0 Å². The van der Waals surface area contributed by atoms with Crippen LogP contribution in [0.25, 0.3) is 0 Å². The van der Waals surface area contributed by atoms with Gasteiger partial charge in [-0.25, -0.2) is 4.79 Å². The van der Waals surface area contributed by atoms with Crippen LogP contribution >= 0.6 is 39.1 Å². The summed E-state index contributed by atoms with van der Waals surface area (Å²) < 4.78 is 5.78. The molecule has 0 aliphatic heterocycles. The number of hydrogen-bond acceptors (Lipinski definition) is 3. The van der Waals surface area contributed by atoms with Gasteiger partial charge in [-0.05, 0) is 40.2 Å². The second-order valence-corrected chi connectivity index (χ2v) is 5.49. The molecule has 0 amide bonds. The molecule has 0 spiro atoms. The van der Waals surface area contributed by atoms with Crippen molar-refractivity contribution in [2.24, 2.45) is 0 Å². The number of rotatable bonds is 3. The summed E-state index contributed by atoms with van der Waals surface area (Å²) in [6.07, 6.45) is 0.528. The zero-order valence-electron chi connectivity index (χ0n) is 9.90. The molecule has 0 N–H and O–H groups in total. The van der Waals surface area contributed by atoms with Crippen LogP contribution in [0.5, 0.6) is 5.75 Å². The second-order valence-electron chi connectivity index (χ2n) is 3.79. The molecule has 20 heavy (non-hydrogen) atoms. The molecule has 2 aromatic carbocycles. The van der Waals surface area contributed by atoms with Gasteiger partial charge in [0.25, 0.3) is 0 Å². The number of carbonyl (C=O) groups is 2. The van der Waals surface area contributed by atoms with Crippen LogP contribution in [0.1, 0.15) is 20.7 Å². The predicted molar refractivity (Wildman–Crippen MR) is 81.0 cm³/mol. The third-order valence-electron chi connectivity index (χ3n) is 2.45. The second kappa shape index (κ2) is 6.39. The molecule has 2 rings (SSSR count). The number of hydrogen-bond donors (Lipinski definition) is 0. The first kappa shape index (κ1) is 15.0. The van der Waals surface area contributed by atoms with Crippen LogP contribution in [0, 0.1) is 0 Å². The molecule has 0 bridgehead atoms. The first-order valence-corrected chi connectivity index (χ1v) is 6.98. The lowest BCUT2D eigenvalue weighted by atomic mass is 10.2. The Balaban J connectivity index is 2.38. The van der Waals surface area contributed by atoms with Crippen molar-refractivity contribution < 1.29 is 14.3 Å². The molecule has 2 aromatic rings. The fraction of sp³-hybridized carbons (Fsp3) is 0. The zero-order chi connectivity index (χ0) is 14.7. The number of aldehydes is 1. The van der Waals surface area contributed by atoms with Crippen LogP contribution in [-0.2, 0) is 0 Å². The van der Waals surface area contributed by atoms with E-state index in [-0.39, 0.29) is 21.4 Å². The third kappa shape index (κ3) is 3.20. The molecule has 0 atom stereocenters. The van der Waals surface area contributed by atoms with Gasteiger partial charge in [-0.2, -0.15) is 0 Å². The summed E-state index contributed by atoms with van der Waals surface area (Å²) >= 11 is 15.0. The van der Waals surface area contributed by atoms with Crippen molar-refractivity contribution in [2.45, 2.75) is 0 Å². The minimum Gasteiger partial charge on any atom is -0.421 e. The molecule has 0 fully saturated rings. The van der Waals surface area contributed by atoms with E-state index in [1.165, 1.54) is 12.1 Å². The van der Waals surface area contributed by atoms with E-state index in [4.69, 9.17) is 27.9 Å². The topological polar surface area (TPSA) is 43.4 Å². The molecule has 0 saturated carbocycles. The number of halogens is 3. The van der Waals surface area contributed by atoms with Gasteiger partial charge in [0, 0.05) is 9.50 Å². The van der Waals surface area contributed by atoms with Crippen LogP contribution in [0.3, 0.4) is 0 Å². The standard InChI is InChI=1S/C14H7BrCl2O3/c15-11-4-2-1-3-10(11)14(19)20-13-8(7-18)5-9(16)6-12(13)17/h1-7H. The number of benzene rings is 2. The maximum Gasteiger partial charge on any atom is 0.344 e. The van der Waals surface area contributed by atoms with Crippen LogP contribution in [0.2, 0.25) is 10.0 Å². The van der Waals surface area contributed by atoms with Gasteiger partial charge in [0.2, 0.25) is 0 Å². The van der Waals surface area contributed by atoms with Crippen LogP contribution in [0.15, 0.2) is 40.9 Å². The van der Waals surface area contributed by atoms with E-state index in [9.17, 15) is 9.59 Å². The summed E-state index contributed by atoms with van der Waals surface area (Å²) in [4.78, 5) is 23.1. The Bertz CT molecular complexity index is 686. The van der Waals surface area contributed by atoms with Crippen LogP contribution < -0.4 is 4.74 Å². The summed E-state index contributed by atoms with van der Waals surface area (Å²) in [6, 6.07) is 9.55. The fourth-order valence-corrected chi connectivity index (χ4v) is 2.54. The molecule has 0 aromatic heterocycles. The molecule has 0 aliphatic carbocycles. The highest BCUT2D eigenvalue weighted by molar-refractivity contribution is 9.10. The summed E-state index contributed by atoms with van der Waals surface area (Å²) in [5.74, 6) is -0.628. The summed E-state index contributed by atoms with van der Waals surface area (Å²) in [5, 5.41) is 0.387. The lowest BCUT2D eigenvalue weighted by Gasteiger charge is -2.10. The SMILES string of the molecule is O=Cc1cc(Cl)cc(Cl)c1OC(=O)c1ccccc1Br. The first-order chi connectivity index (χ1) is 9.52. The van der Waals surface area contributed by atoms with Crippen molar-refractivity contribution in [3.05, 3.63) is 62.0 Å². The molecule has 6 heteroatoms. The van der Waals surface area contributed by atoms with Crippen LogP contribution in [-0.4, -0.2) is 12.3 Å². The van der Waals surface area contributed by atoms with Crippen LogP contribution in [0.4, 0.5) is 0 Å². The monoisotopic (exact) mass is 372 g/mol. The van der Waals surface area contributed by atoms with Gasteiger partial charge >= 0.3 is 5.97 Å². The van der Waals surface area contributed by atoms with E-state index in [2.05, 4.69) is 15.9 Å². The van der Waals surface area contributed by atoms with E-state index in [1.54, 1.807) is 24.3 Å². The largest absolute Gasteiger partial charge is 0.421 e. The van der Waals surface area contributed by atoms with Crippen molar-refractivity contribution in [3.8, 4) is 5.75 Å². The first-order valence-electron chi connectivity index (χ1n) is 5.44.